The third-order valence-electron chi connectivity index (χ3n) is 3.79. The molecule has 1 aromatic heterocycles. The summed E-state index contributed by atoms with van der Waals surface area (Å²) in [6.45, 7) is 5.65. The molecule has 1 heterocycles. The van der Waals surface area contributed by atoms with E-state index < -0.39 is 28.8 Å². The highest BCUT2D eigenvalue weighted by Gasteiger charge is 2.33. The quantitative estimate of drug-likeness (QED) is 0.851. The molecule has 136 valence electrons. The number of benzene rings is 1. The van der Waals surface area contributed by atoms with E-state index in [9.17, 15) is 18.0 Å². The van der Waals surface area contributed by atoms with Gasteiger partial charge in [-0.15, -0.1) is 0 Å². The van der Waals surface area contributed by atoms with Gasteiger partial charge in [0.25, 0.3) is 5.56 Å². The Balaban J connectivity index is 2.49. The van der Waals surface area contributed by atoms with Crippen molar-refractivity contribution in [1.29, 1.82) is 0 Å². The van der Waals surface area contributed by atoms with Gasteiger partial charge in [0.1, 0.15) is 5.02 Å². The van der Waals surface area contributed by atoms with Crippen LogP contribution in [-0.2, 0) is 13.2 Å². The van der Waals surface area contributed by atoms with Gasteiger partial charge < -0.3 is 5.32 Å². The highest BCUT2D eigenvalue weighted by Crippen LogP contribution is 2.39. The van der Waals surface area contributed by atoms with E-state index in [-0.39, 0.29) is 10.7 Å². The number of nitrogens with zero attached hydrogens (tertiary/aromatic N) is 2. The molecule has 0 radical (unpaired) electrons. The summed E-state index contributed by atoms with van der Waals surface area (Å²) < 4.78 is 40.1. The molecule has 25 heavy (non-hydrogen) atoms. The summed E-state index contributed by atoms with van der Waals surface area (Å²) in [4.78, 5) is 11.9. The Morgan fingerprint density at radius 2 is 1.88 bits per heavy atom. The average molecular weight is 374 g/mol. The number of aromatic nitrogens is 2. The second kappa shape index (κ2) is 6.71. The SMILES string of the molecule is Cn1ncc(NC(c2cccc(C(F)(F)F)c2)C(C)(C)C)c(Cl)c1=O. The van der Waals surface area contributed by atoms with Crippen molar-refractivity contribution in [2.75, 3.05) is 5.32 Å². The van der Waals surface area contributed by atoms with Gasteiger partial charge in [-0.05, 0) is 23.1 Å². The fraction of sp³-hybridized carbons (Fsp3) is 0.412. The van der Waals surface area contributed by atoms with Crippen molar-refractivity contribution in [1.82, 2.24) is 9.78 Å². The maximum atomic E-state index is 13.0. The first-order chi connectivity index (χ1) is 11.4. The largest absolute Gasteiger partial charge is 0.416 e. The molecule has 0 bridgehead atoms. The van der Waals surface area contributed by atoms with Crippen LogP contribution in [0.5, 0.6) is 0 Å². The normalized spacial score (nSPS) is 13.6. The topological polar surface area (TPSA) is 46.9 Å². The van der Waals surface area contributed by atoms with Crippen molar-refractivity contribution >= 4 is 17.3 Å². The summed E-state index contributed by atoms with van der Waals surface area (Å²) in [7, 11) is 1.46. The van der Waals surface area contributed by atoms with Gasteiger partial charge in [0.15, 0.2) is 0 Å². The number of rotatable bonds is 3. The van der Waals surface area contributed by atoms with Crippen molar-refractivity contribution in [3.05, 3.63) is 57.0 Å². The summed E-state index contributed by atoms with van der Waals surface area (Å²) in [5, 5.41) is 6.92. The lowest BCUT2D eigenvalue weighted by Gasteiger charge is -2.33. The van der Waals surface area contributed by atoms with Crippen LogP contribution in [0.3, 0.4) is 0 Å². The van der Waals surface area contributed by atoms with E-state index in [0.29, 0.717) is 5.56 Å². The molecule has 0 aliphatic carbocycles. The number of nitrogens with one attached hydrogen (secondary N) is 1. The Kier molecular flexibility index (Phi) is 5.18. The van der Waals surface area contributed by atoms with Crippen molar-refractivity contribution in [3.8, 4) is 0 Å². The Hall–Kier alpha value is -2.02. The van der Waals surface area contributed by atoms with E-state index >= 15 is 0 Å². The zero-order valence-corrected chi connectivity index (χ0v) is 15.0. The Labute approximate surface area is 148 Å². The van der Waals surface area contributed by atoms with Crippen LogP contribution in [0.25, 0.3) is 0 Å². The number of halogens is 4. The first-order valence-electron chi connectivity index (χ1n) is 7.57. The van der Waals surface area contributed by atoms with Crippen LogP contribution in [0.2, 0.25) is 5.02 Å². The minimum atomic E-state index is -4.43. The molecule has 0 aliphatic rings. The van der Waals surface area contributed by atoms with Crippen molar-refractivity contribution in [2.45, 2.75) is 33.0 Å². The zero-order valence-electron chi connectivity index (χ0n) is 14.3. The molecule has 1 unspecified atom stereocenters. The number of anilines is 1. The second-order valence-corrected chi connectivity index (χ2v) is 7.25. The summed E-state index contributed by atoms with van der Waals surface area (Å²) in [6.07, 6.45) is -3.05. The molecule has 8 heteroatoms. The first-order valence-corrected chi connectivity index (χ1v) is 7.94. The minimum Gasteiger partial charge on any atom is -0.375 e. The highest BCUT2D eigenvalue weighted by molar-refractivity contribution is 6.32. The fourth-order valence-electron chi connectivity index (χ4n) is 2.46. The highest BCUT2D eigenvalue weighted by atomic mass is 35.5. The van der Waals surface area contributed by atoms with Crippen LogP contribution in [0.4, 0.5) is 18.9 Å². The molecule has 0 spiro atoms. The third-order valence-corrected chi connectivity index (χ3v) is 4.16. The van der Waals surface area contributed by atoms with E-state index in [1.807, 2.05) is 20.8 Å². The van der Waals surface area contributed by atoms with Crippen LogP contribution in [0.15, 0.2) is 35.3 Å². The summed E-state index contributed by atoms with van der Waals surface area (Å²) >= 11 is 6.07. The predicted octanol–water partition coefficient (Wildman–Crippen LogP) is 4.65. The maximum absolute atomic E-state index is 13.0. The van der Waals surface area contributed by atoms with Gasteiger partial charge in [-0.25, -0.2) is 4.68 Å². The van der Waals surface area contributed by atoms with Gasteiger partial charge in [0.2, 0.25) is 0 Å². The van der Waals surface area contributed by atoms with Gasteiger partial charge in [-0.2, -0.15) is 18.3 Å². The van der Waals surface area contributed by atoms with Gasteiger partial charge in [0, 0.05) is 7.05 Å². The van der Waals surface area contributed by atoms with Crippen molar-refractivity contribution in [2.24, 2.45) is 12.5 Å². The Bertz CT molecular complexity index is 825. The van der Waals surface area contributed by atoms with Crippen molar-refractivity contribution in [3.63, 3.8) is 0 Å². The number of hydrogen-bond acceptors (Lipinski definition) is 3. The smallest absolute Gasteiger partial charge is 0.375 e. The Morgan fingerprint density at radius 1 is 1.24 bits per heavy atom. The van der Waals surface area contributed by atoms with Gasteiger partial charge in [-0.1, -0.05) is 44.5 Å². The molecule has 0 saturated carbocycles. The molecule has 0 aliphatic heterocycles. The lowest BCUT2D eigenvalue weighted by atomic mass is 9.81. The lowest BCUT2D eigenvalue weighted by Crippen LogP contribution is -2.28. The zero-order chi connectivity index (χ0) is 19.0. The fourth-order valence-corrected chi connectivity index (χ4v) is 2.69. The molecule has 2 rings (SSSR count). The van der Waals surface area contributed by atoms with E-state index in [1.165, 1.54) is 19.3 Å². The minimum absolute atomic E-state index is 0.0567. The standard InChI is InChI=1S/C17H19ClF3N3O/c1-16(2,3)14(10-6-5-7-11(8-10)17(19,20)21)23-12-9-22-24(4)15(25)13(12)18/h5-9,14,23H,1-4H3. The molecule has 0 amide bonds. The monoisotopic (exact) mass is 373 g/mol. The molecule has 1 atom stereocenters. The maximum Gasteiger partial charge on any atom is 0.416 e. The van der Waals surface area contributed by atoms with Crippen molar-refractivity contribution < 1.29 is 13.2 Å². The molecule has 1 aromatic carbocycles. The first kappa shape index (κ1) is 19.3. The van der Waals surface area contributed by atoms with Crippen LogP contribution in [0, 0.1) is 5.41 Å². The molecule has 1 N–H and O–H groups in total. The molecular formula is C17H19ClF3N3O. The number of aryl methyl sites for hydroxylation is 1. The van der Waals surface area contributed by atoms with Gasteiger partial charge in [0.05, 0.1) is 23.5 Å². The second-order valence-electron chi connectivity index (χ2n) is 6.87. The van der Waals surface area contributed by atoms with Crippen LogP contribution in [-0.4, -0.2) is 9.78 Å². The van der Waals surface area contributed by atoms with E-state index in [0.717, 1.165) is 16.8 Å². The van der Waals surface area contributed by atoms with Crippen LogP contribution >= 0.6 is 11.6 Å². The molecule has 0 fully saturated rings. The molecule has 2 aromatic rings. The van der Waals surface area contributed by atoms with Gasteiger partial charge in [-0.3, -0.25) is 4.79 Å². The summed E-state index contributed by atoms with van der Waals surface area (Å²) in [6, 6.07) is 4.59. The third kappa shape index (κ3) is 4.34. The number of alkyl halides is 3. The lowest BCUT2D eigenvalue weighted by molar-refractivity contribution is -0.137. The van der Waals surface area contributed by atoms with E-state index in [2.05, 4.69) is 10.4 Å². The summed E-state index contributed by atoms with van der Waals surface area (Å²) in [5.74, 6) is 0. The molecule has 4 nitrogen and oxygen atoms in total. The predicted molar refractivity (Wildman–Crippen MR) is 91.8 cm³/mol. The number of hydrogen-bond donors (Lipinski definition) is 1. The van der Waals surface area contributed by atoms with E-state index in [4.69, 9.17) is 11.6 Å². The van der Waals surface area contributed by atoms with E-state index in [1.54, 1.807) is 6.07 Å². The van der Waals surface area contributed by atoms with Crippen LogP contribution in [0.1, 0.15) is 37.9 Å². The van der Waals surface area contributed by atoms with Gasteiger partial charge >= 0.3 is 6.18 Å². The average Bonchev–Trinajstić information content (AvgIpc) is 2.50. The molecule has 0 saturated heterocycles. The molecular weight excluding hydrogens is 355 g/mol. The summed E-state index contributed by atoms with van der Waals surface area (Å²) in [5.41, 5.74) is -0.937. The Morgan fingerprint density at radius 3 is 2.44 bits per heavy atom. The van der Waals surface area contributed by atoms with Crippen LogP contribution < -0.4 is 10.9 Å².